The van der Waals surface area contributed by atoms with E-state index in [1.165, 1.54) is 5.56 Å². The monoisotopic (exact) mass is 217 g/mol. The summed E-state index contributed by atoms with van der Waals surface area (Å²) in [5.41, 5.74) is 2.36. The van der Waals surface area contributed by atoms with Crippen LogP contribution in [0.2, 0.25) is 0 Å². The van der Waals surface area contributed by atoms with Crippen LogP contribution in [0.25, 0.3) is 0 Å². The molecule has 0 bridgehead atoms. The van der Waals surface area contributed by atoms with Crippen LogP contribution in [0.5, 0.6) is 0 Å². The minimum absolute atomic E-state index is 0. The van der Waals surface area contributed by atoms with Gasteiger partial charge >= 0.3 is 57.4 Å². The van der Waals surface area contributed by atoms with Gasteiger partial charge in [0.15, 0.2) is 0 Å². The predicted octanol–water partition coefficient (Wildman–Crippen LogP) is -2.10. The van der Waals surface area contributed by atoms with E-state index in [1.807, 2.05) is 24.3 Å². The van der Waals surface area contributed by atoms with Crippen molar-refractivity contribution in [2.75, 3.05) is 0 Å². The van der Waals surface area contributed by atoms with E-state index in [2.05, 4.69) is 5.32 Å². The molecule has 0 saturated heterocycles. The molecule has 4 heteroatoms. The fourth-order valence-electron chi connectivity index (χ4n) is 1.63. The van der Waals surface area contributed by atoms with E-state index in [4.69, 9.17) is 5.11 Å². The van der Waals surface area contributed by atoms with Crippen molar-refractivity contribution < 1.29 is 62.7 Å². The Kier molecular flexibility index (Phi) is 4.76. The molecule has 3 nitrogen and oxygen atoms in total. The summed E-state index contributed by atoms with van der Waals surface area (Å²) in [5, 5.41) is 11.8. The van der Waals surface area contributed by atoms with Crippen LogP contribution in [0.15, 0.2) is 24.3 Å². The van der Waals surface area contributed by atoms with Gasteiger partial charge in [0.1, 0.15) is 6.04 Å². The quantitative estimate of drug-likeness (QED) is 0.530. The Morgan fingerprint density at radius 1 is 1.43 bits per heavy atom. The number of carboxylic acid groups (broad SMARTS) is 1. The van der Waals surface area contributed by atoms with Gasteiger partial charge in [0.2, 0.25) is 0 Å². The second kappa shape index (κ2) is 5.39. The molecule has 0 amide bonds. The number of carboxylic acids is 1. The Morgan fingerprint density at radius 2 is 2.07 bits per heavy atom. The SMILES string of the molecule is O=C(O)C1Cc2ccccc2CN1.[H-].[K+]. The molecule has 0 radical (unpaired) electrons. The van der Waals surface area contributed by atoms with Crippen LogP contribution in [0.3, 0.4) is 0 Å². The fraction of sp³-hybridized carbons (Fsp3) is 0.300. The molecule has 0 saturated carbocycles. The smallest absolute Gasteiger partial charge is 1.00 e. The van der Waals surface area contributed by atoms with Crippen molar-refractivity contribution >= 4 is 5.97 Å². The first-order chi connectivity index (χ1) is 6.27. The van der Waals surface area contributed by atoms with Crippen molar-refractivity contribution in [3.8, 4) is 0 Å². The number of nitrogens with one attached hydrogen (secondary N) is 1. The molecule has 0 fully saturated rings. The number of hydrogen-bond donors (Lipinski definition) is 2. The third-order valence-electron chi connectivity index (χ3n) is 2.38. The third-order valence-corrected chi connectivity index (χ3v) is 2.38. The van der Waals surface area contributed by atoms with Crippen LogP contribution in [0, 0.1) is 0 Å². The summed E-state index contributed by atoms with van der Waals surface area (Å²) in [5.74, 6) is -0.769. The van der Waals surface area contributed by atoms with Gasteiger partial charge in [-0.15, -0.1) is 0 Å². The maximum atomic E-state index is 10.7. The zero-order chi connectivity index (χ0) is 9.26. The van der Waals surface area contributed by atoms with Crippen LogP contribution in [0.4, 0.5) is 0 Å². The molecule has 0 aromatic heterocycles. The van der Waals surface area contributed by atoms with Crippen LogP contribution in [0.1, 0.15) is 12.6 Å². The molecule has 2 N–H and O–H groups in total. The summed E-state index contributed by atoms with van der Waals surface area (Å²) < 4.78 is 0. The molecule has 0 spiro atoms. The Balaban J connectivity index is 0.000000980. The summed E-state index contributed by atoms with van der Waals surface area (Å²) in [6.07, 6.45) is 0.589. The van der Waals surface area contributed by atoms with Crippen molar-refractivity contribution in [2.24, 2.45) is 0 Å². The van der Waals surface area contributed by atoms with E-state index in [9.17, 15) is 4.79 Å². The van der Waals surface area contributed by atoms with Gasteiger partial charge in [-0.3, -0.25) is 4.79 Å². The zero-order valence-corrected chi connectivity index (χ0v) is 11.3. The van der Waals surface area contributed by atoms with Gasteiger partial charge in [-0.05, 0) is 17.5 Å². The molecule has 1 unspecified atom stereocenters. The zero-order valence-electron chi connectivity index (χ0n) is 9.16. The number of rotatable bonds is 1. The van der Waals surface area contributed by atoms with Crippen molar-refractivity contribution in [1.82, 2.24) is 5.32 Å². The van der Waals surface area contributed by atoms with Gasteiger partial charge in [-0.25, -0.2) is 0 Å². The standard InChI is InChI=1S/C10H11NO2.K.H/c12-10(13)9-5-7-3-1-2-4-8(7)6-11-9;;/h1-4,9,11H,5-6H2,(H,12,13);;/q;+1;-1. The Morgan fingerprint density at radius 3 is 2.71 bits per heavy atom. The molecule has 1 aliphatic heterocycles. The number of carbonyl (C=O) groups is 1. The molecule has 0 aliphatic carbocycles. The van der Waals surface area contributed by atoms with Crippen LogP contribution in [-0.4, -0.2) is 17.1 Å². The molecular weight excluding hydrogens is 205 g/mol. The normalized spacial score (nSPS) is 19.3. The minimum atomic E-state index is -0.769. The van der Waals surface area contributed by atoms with E-state index in [1.54, 1.807) is 0 Å². The van der Waals surface area contributed by atoms with Crippen molar-refractivity contribution in [1.29, 1.82) is 0 Å². The maximum Gasteiger partial charge on any atom is 1.00 e. The van der Waals surface area contributed by atoms with E-state index in [0.717, 1.165) is 5.56 Å². The first kappa shape index (κ1) is 12.4. The molecule has 1 heterocycles. The molecule has 70 valence electrons. The third kappa shape index (κ3) is 2.65. The maximum absolute atomic E-state index is 10.7. The van der Waals surface area contributed by atoms with Gasteiger partial charge in [0.25, 0.3) is 0 Å². The Bertz CT molecular complexity index is 346. The first-order valence-corrected chi connectivity index (χ1v) is 4.30. The van der Waals surface area contributed by atoms with Crippen LogP contribution < -0.4 is 56.7 Å². The van der Waals surface area contributed by atoms with Crippen LogP contribution >= 0.6 is 0 Å². The predicted molar refractivity (Wildman–Crippen MR) is 49.5 cm³/mol. The van der Waals surface area contributed by atoms with Crippen molar-refractivity contribution in [3.05, 3.63) is 35.4 Å². The van der Waals surface area contributed by atoms with Gasteiger partial charge in [0, 0.05) is 6.54 Å². The summed E-state index contributed by atoms with van der Waals surface area (Å²) in [6, 6.07) is 7.52. The second-order valence-corrected chi connectivity index (χ2v) is 3.24. The summed E-state index contributed by atoms with van der Waals surface area (Å²) in [4.78, 5) is 10.7. The average molecular weight is 217 g/mol. The summed E-state index contributed by atoms with van der Waals surface area (Å²) in [6.45, 7) is 0.660. The fourth-order valence-corrected chi connectivity index (χ4v) is 1.63. The van der Waals surface area contributed by atoms with Gasteiger partial charge in [0.05, 0.1) is 0 Å². The molecule has 1 aliphatic rings. The Hall–Kier alpha value is 0.286. The second-order valence-electron chi connectivity index (χ2n) is 3.24. The van der Waals surface area contributed by atoms with E-state index < -0.39 is 12.0 Å². The topological polar surface area (TPSA) is 49.3 Å². The number of hydrogen-bond acceptors (Lipinski definition) is 2. The summed E-state index contributed by atoms with van der Waals surface area (Å²) >= 11 is 0. The van der Waals surface area contributed by atoms with Gasteiger partial charge in [-0.2, -0.15) is 0 Å². The van der Waals surface area contributed by atoms with Crippen molar-refractivity contribution in [2.45, 2.75) is 19.0 Å². The Labute approximate surface area is 127 Å². The molecule has 1 aromatic rings. The molecule has 1 aromatic carbocycles. The number of fused-ring (bicyclic) bond motifs is 1. The molecule has 1 atom stereocenters. The number of aliphatic carboxylic acids is 1. The molecular formula is C10H12KNO2. The largest absolute Gasteiger partial charge is 1.00 e. The summed E-state index contributed by atoms with van der Waals surface area (Å²) in [7, 11) is 0. The minimum Gasteiger partial charge on any atom is -1.00 e. The average Bonchev–Trinajstić information content (AvgIpc) is 2.17. The van der Waals surface area contributed by atoms with E-state index in [0.29, 0.717) is 13.0 Å². The molecule has 2 rings (SSSR count). The van der Waals surface area contributed by atoms with E-state index >= 15 is 0 Å². The van der Waals surface area contributed by atoms with Crippen molar-refractivity contribution in [3.63, 3.8) is 0 Å². The molecule has 14 heavy (non-hydrogen) atoms. The van der Waals surface area contributed by atoms with Crippen LogP contribution in [-0.2, 0) is 17.8 Å². The van der Waals surface area contributed by atoms with Gasteiger partial charge < -0.3 is 11.8 Å². The number of benzene rings is 1. The van der Waals surface area contributed by atoms with Gasteiger partial charge in [-0.1, -0.05) is 24.3 Å². The first-order valence-electron chi connectivity index (χ1n) is 4.30. The van der Waals surface area contributed by atoms with E-state index in [-0.39, 0.29) is 52.8 Å².